The fourth-order valence-corrected chi connectivity index (χ4v) is 3.72. The highest BCUT2D eigenvalue weighted by atomic mass is 19.1. The minimum atomic E-state index is -0.331. The number of aryl methyl sites for hydroxylation is 1. The first-order chi connectivity index (χ1) is 13.6. The zero-order valence-electron chi connectivity index (χ0n) is 15.8. The van der Waals surface area contributed by atoms with Crippen LogP contribution in [-0.4, -0.2) is 33.9 Å². The molecule has 2 aromatic carbocycles. The molecule has 1 fully saturated rings. The molecule has 3 aromatic rings. The lowest BCUT2D eigenvalue weighted by molar-refractivity contribution is 0.0712. The summed E-state index contributed by atoms with van der Waals surface area (Å²) in [6.07, 6.45) is 5.33. The van der Waals surface area contributed by atoms with Crippen molar-refractivity contribution in [2.45, 2.75) is 25.7 Å². The van der Waals surface area contributed by atoms with Crippen LogP contribution in [-0.2, 0) is 0 Å². The number of halogens is 1. The monoisotopic (exact) mass is 375 g/mol. The SMILES string of the molecule is Cc1ccccc1-c1cncc(C2CCN(C(=O)c3ccc(F)cc3)CC2)n1. The molecule has 0 unspecified atom stereocenters. The van der Waals surface area contributed by atoms with Crippen LogP contribution in [0.25, 0.3) is 11.3 Å². The molecule has 5 heteroatoms. The average molecular weight is 375 g/mol. The molecule has 0 bridgehead atoms. The van der Waals surface area contributed by atoms with Gasteiger partial charge in [-0.25, -0.2) is 9.37 Å². The first-order valence-corrected chi connectivity index (χ1v) is 9.54. The fourth-order valence-electron chi connectivity index (χ4n) is 3.72. The lowest BCUT2D eigenvalue weighted by Crippen LogP contribution is -2.38. The lowest BCUT2D eigenvalue weighted by Gasteiger charge is -2.31. The van der Waals surface area contributed by atoms with E-state index in [4.69, 9.17) is 4.98 Å². The zero-order valence-corrected chi connectivity index (χ0v) is 15.8. The molecule has 0 spiro atoms. The lowest BCUT2D eigenvalue weighted by atomic mass is 9.93. The van der Waals surface area contributed by atoms with E-state index in [9.17, 15) is 9.18 Å². The van der Waals surface area contributed by atoms with E-state index in [0.29, 0.717) is 18.7 Å². The van der Waals surface area contributed by atoms with Crippen LogP contribution in [0.5, 0.6) is 0 Å². The zero-order chi connectivity index (χ0) is 19.5. The van der Waals surface area contributed by atoms with Crippen molar-refractivity contribution >= 4 is 5.91 Å². The van der Waals surface area contributed by atoms with Crippen molar-refractivity contribution < 1.29 is 9.18 Å². The summed E-state index contributed by atoms with van der Waals surface area (Å²) in [7, 11) is 0. The third-order valence-corrected chi connectivity index (χ3v) is 5.37. The largest absolute Gasteiger partial charge is 0.339 e. The molecule has 1 amide bonds. The molecule has 0 radical (unpaired) electrons. The van der Waals surface area contributed by atoms with Crippen LogP contribution >= 0.6 is 0 Å². The van der Waals surface area contributed by atoms with E-state index in [1.165, 1.54) is 17.7 Å². The second-order valence-electron chi connectivity index (χ2n) is 7.22. The molecule has 0 N–H and O–H groups in total. The van der Waals surface area contributed by atoms with E-state index in [-0.39, 0.29) is 17.6 Å². The second kappa shape index (κ2) is 7.89. The summed E-state index contributed by atoms with van der Waals surface area (Å²) in [5.41, 5.74) is 4.67. The average Bonchev–Trinajstić information content (AvgIpc) is 2.74. The number of amides is 1. The number of piperidine rings is 1. The van der Waals surface area contributed by atoms with E-state index < -0.39 is 0 Å². The number of rotatable bonds is 3. The standard InChI is InChI=1S/C23H22FN3O/c1-16-4-2-3-5-20(16)22-15-25-14-21(26-22)17-10-12-27(13-11-17)23(28)18-6-8-19(24)9-7-18/h2-9,14-15,17H,10-13H2,1H3. The van der Waals surface area contributed by atoms with Gasteiger partial charge >= 0.3 is 0 Å². The van der Waals surface area contributed by atoms with Gasteiger partial charge in [0.05, 0.1) is 17.6 Å². The van der Waals surface area contributed by atoms with Crippen LogP contribution in [0.1, 0.15) is 40.4 Å². The van der Waals surface area contributed by atoms with Gasteiger partial charge in [0.1, 0.15) is 5.82 Å². The van der Waals surface area contributed by atoms with E-state index in [2.05, 4.69) is 24.0 Å². The normalized spacial score (nSPS) is 14.9. The minimum Gasteiger partial charge on any atom is -0.339 e. The first-order valence-electron chi connectivity index (χ1n) is 9.54. The van der Waals surface area contributed by atoms with E-state index >= 15 is 0 Å². The molecule has 1 aliphatic rings. The number of carbonyl (C=O) groups excluding carboxylic acids is 1. The Hall–Kier alpha value is -3.08. The molecule has 4 nitrogen and oxygen atoms in total. The van der Waals surface area contributed by atoms with Gasteiger partial charge in [0.25, 0.3) is 5.91 Å². The number of hydrogen-bond acceptors (Lipinski definition) is 3. The van der Waals surface area contributed by atoms with E-state index in [1.54, 1.807) is 18.3 Å². The van der Waals surface area contributed by atoms with Crippen LogP contribution in [0.3, 0.4) is 0 Å². The van der Waals surface area contributed by atoms with Crippen LogP contribution in [0.4, 0.5) is 4.39 Å². The third kappa shape index (κ3) is 3.79. The Morgan fingerprint density at radius 3 is 2.46 bits per heavy atom. The number of benzene rings is 2. The molecule has 1 aliphatic heterocycles. The maximum Gasteiger partial charge on any atom is 0.253 e. The van der Waals surface area contributed by atoms with Crippen molar-refractivity contribution in [3.05, 3.63) is 83.6 Å². The molecule has 28 heavy (non-hydrogen) atoms. The Kier molecular flexibility index (Phi) is 5.15. The molecule has 0 atom stereocenters. The summed E-state index contributed by atoms with van der Waals surface area (Å²) in [5, 5.41) is 0. The molecular formula is C23H22FN3O. The van der Waals surface area contributed by atoms with Crippen LogP contribution in [0.15, 0.2) is 60.9 Å². The Morgan fingerprint density at radius 1 is 1.04 bits per heavy atom. The summed E-state index contributed by atoms with van der Waals surface area (Å²) >= 11 is 0. The van der Waals surface area contributed by atoms with Crippen molar-refractivity contribution in [1.29, 1.82) is 0 Å². The van der Waals surface area contributed by atoms with Gasteiger partial charge in [-0.15, -0.1) is 0 Å². The summed E-state index contributed by atoms with van der Waals surface area (Å²) in [6, 6.07) is 13.9. The first kappa shape index (κ1) is 18.3. The molecule has 0 aliphatic carbocycles. The van der Waals surface area contributed by atoms with Crippen molar-refractivity contribution in [3.8, 4) is 11.3 Å². The topological polar surface area (TPSA) is 46.1 Å². The Balaban J connectivity index is 1.45. The highest BCUT2D eigenvalue weighted by Gasteiger charge is 2.25. The van der Waals surface area contributed by atoms with E-state index in [1.807, 2.05) is 23.2 Å². The van der Waals surface area contributed by atoms with Crippen molar-refractivity contribution in [2.75, 3.05) is 13.1 Å². The minimum absolute atomic E-state index is 0.0433. The van der Waals surface area contributed by atoms with Gasteiger partial charge in [0.2, 0.25) is 0 Å². The highest BCUT2D eigenvalue weighted by Crippen LogP contribution is 2.29. The van der Waals surface area contributed by atoms with Crippen molar-refractivity contribution in [2.24, 2.45) is 0 Å². The fraction of sp³-hybridized carbons (Fsp3) is 0.261. The molecule has 4 rings (SSSR count). The molecular weight excluding hydrogens is 353 g/mol. The number of hydrogen-bond donors (Lipinski definition) is 0. The van der Waals surface area contributed by atoms with Gasteiger partial charge in [-0.3, -0.25) is 9.78 Å². The summed E-state index contributed by atoms with van der Waals surface area (Å²) in [4.78, 5) is 23.7. The summed E-state index contributed by atoms with van der Waals surface area (Å²) in [6.45, 7) is 3.40. The quantitative estimate of drug-likeness (QED) is 0.671. The van der Waals surface area contributed by atoms with Gasteiger partial charge in [-0.1, -0.05) is 24.3 Å². The van der Waals surface area contributed by atoms with Gasteiger partial charge in [0, 0.05) is 36.3 Å². The smallest absolute Gasteiger partial charge is 0.253 e. The van der Waals surface area contributed by atoms with Gasteiger partial charge in [-0.05, 0) is 49.6 Å². The van der Waals surface area contributed by atoms with E-state index in [0.717, 1.165) is 29.8 Å². The predicted octanol–water partition coefficient (Wildman–Crippen LogP) is 4.61. The highest BCUT2D eigenvalue weighted by molar-refractivity contribution is 5.94. The van der Waals surface area contributed by atoms with Gasteiger partial charge in [-0.2, -0.15) is 0 Å². The van der Waals surface area contributed by atoms with Crippen LogP contribution in [0, 0.1) is 12.7 Å². The Morgan fingerprint density at radius 2 is 1.75 bits per heavy atom. The number of likely N-dealkylation sites (tertiary alicyclic amines) is 1. The Bertz CT molecular complexity index is 979. The second-order valence-corrected chi connectivity index (χ2v) is 7.22. The molecule has 2 heterocycles. The number of aromatic nitrogens is 2. The number of carbonyl (C=O) groups is 1. The van der Waals surface area contributed by atoms with Crippen LogP contribution in [0.2, 0.25) is 0 Å². The summed E-state index contributed by atoms with van der Waals surface area (Å²) < 4.78 is 13.1. The molecule has 1 saturated heterocycles. The van der Waals surface area contributed by atoms with Gasteiger partial charge in [0.15, 0.2) is 0 Å². The van der Waals surface area contributed by atoms with Crippen molar-refractivity contribution in [1.82, 2.24) is 14.9 Å². The number of nitrogens with zero attached hydrogens (tertiary/aromatic N) is 3. The maximum atomic E-state index is 13.1. The molecule has 0 saturated carbocycles. The van der Waals surface area contributed by atoms with Crippen molar-refractivity contribution in [3.63, 3.8) is 0 Å². The van der Waals surface area contributed by atoms with Gasteiger partial charge < -0.3 is 4.90 Å². The van der Waals surface area contributed by atoms with Crippen LogP contribution < -0.4 is 0 Å². The third-order valence-electron chi connectivity index (χ3n) is 5.37. The molecule has 142 valence electrons. The predicted molar refractivity (Wildman–Crippen MR) is 106 cm³/mol. The molecule has 1 aromatic heterocycles. The maximum absolute atomic E-state index is 13.1. The Labute approximate surface area is 164 Å². The summed E-state index contributed by atoms with van der Waals surface area (Å²) in [5.74, 6) is -0.0886.